The molecule has 0 radical (unpaired) electrons. The number of ether oxygens (including phenoxy) is 1. The van der Waals surface area contributed by atoms with Gasteiger partial charge in [-0.05, 0) is 18.6 Å². The van der Waals surface area contributed by atoms with Crippen LogP contribution in [0.3, 0.4) is 0 Å². The maximum atomic E-state index is 12.8. The lowest BCUT2D eigenvalue weighted by Gasteiger charge is -2.32. The molecule has 0 aliphatic carbocycles. The molecule has 1 aromatic heterocycles. The van der Waals surface area contributed by atoms with E-state index < -0.39 is 5.69 Å². The second-order valence-corrected chi connectivity index (χ2v) is 7.87. The molecular weight excluding hydrogens is 392 g/mol. The van der Waals surface area contributed by atoms with E-state index in [4.69, 9.17) is 16.3 Å². The van der Waals surface area contributed by atoms with Crippen LogP contribution >= 0.6 is 11.6 Å². The predicted octanol–water partition coefficient (Wildman–Crippen LogP) is 3.60. The first-order valence-corrected chi connectivity index (χ1v) is 10.8. The molecule has 1 aliphatic rings. The minimum Gasteiger partial charge on any atom is -0.489 e. The number of anilines is 1. The fourth-order valence-corrected chi connectivity index (χ4v) is 3.79. The van der Waals surface area contributed by atoms with E-state index in [1.165, 1.54) is 11.0 Å². The first-order valence-electron chi connectivity index (χ1n) is 10.5. The molecule has 8 heteroatoms. The van der Waals surface area contributed by atoms with Gasteiger partial charge < -0.3 is 9.64 Å². The van der Waals surface area contributed by atoms with Crippen LogP contribution in [0.15, 0.2) is 33.9 Å². The molecule has 0 atom stereocenters. The number of halogens is 1. The Bertz CT molecular complexity index is 903. The number of H-pyrrole nitrogens is 1. The molecule has 0 spiro atoms. The van der Waals surface area contributed by atoms with Crippen LogP contribution in [0.25, 0.3) is 0 Å². The minimum atomic E-state index is -0.439. The van der Waals surface area contributed by atoms with Crippen LogP contribution < -0.4 is 20.9 Å². The van der Waals surface area contributed by atoms with Crippen LogP contribution in [0.5, 0.6) is 5.75 Å². The average Bonchev–Trinajstić information content (AvgIpc) is 2.72. The van der Waals surface area contributed by atoms with Crippen molar-refractivity contribution in [1.29, 1.82) is 0 Å². The Morgan fingerprint density at radius 3 is 2.59 bits per heavy atom. The molecule has 1 aromatic carbocycles. The molecule has 0 saturated carbocycles. The molecule has 29 heavy (non-hydrogen) atoms. The summed E-state index contributed by atoms with van der Waals surface area (Å²) in [4.78, 5) is 26.8. The fourth-order valence-electron chi connectivity index (χ4n) is 3.61. The number of piperidine rings is 1. The smallest absolute Gasteiger partial charge is 0.344 e. The molecule has 1 N–H and O–H groups in total. The molecule has 0 bridgehead atoms. The van der Waals surface area contributed by atoms with Gasteiger partial charge >= 0.3 is 5.69 Å². The third kappa shape index (κ3) is 5.63. The standard InChI is InChI=1S/C21H29ClN4O3/c1-2-3-4-5-8-13-26-20(27)19(23-24-21(26)28)25-14-11-16(12-15-25)29-18-10-7-6-9-17(18)22/h6-7,9-10,16H,2-5,8,11-15H2,1H3,(H,24,28). The quantitative estimate of drug-likeness (QED) is 0.627. The Kier molecular flexibility index (Phi) is 7.75. The third-order valence-electron chi connectivity index (χ3n) is 5.30. The zero-order valence-corrected chi connectivity index (χ0v) is 17.7. The summed E-state index contributed by atoms with van der Waals surface area (Å²) in [6.07, 6.45) is 6.84. The largest absolute Gasteiger partial charge is 0.489 e. The number of nitrogens with zero attached hydrogens (tertiary/aromatic N) is 3. The Hall–Kier alpha value is -2.28. The zero-order chi connectivity index (χ0) is 20.6. The van der Waals surface area contributed by atoms with Crippen molar-refractivity contribution < 1.29 is 4.74 Å². The fraction of sp³-hybridized carbons (Fsp3) is 0.571. The van der Waals surface area contributed by atoms with Crippen molar-refractivity contribution >= 4 is 17.4 Å². The van der Waals surface area contributed by atoms with Gasteiger partial charge in [-0.2, -0.15) is 0 Å². The highest BCUT2D eigenvalue weighted by atomic mass is 35.5. The number of hydrogen-bond donors (Lipinski definition) is 1. The van der Waals surface area contributed by atoms with Gasteiger partial charge in [0.2, 0.25) is 5.82 Å². The molecule has 3 rings (SSSR count). The number of unbranched alkanes of at least 4 members (excludes halogenated alkanes) is 4. The number of nitrogens with one attached hydrogen (secondary N) is 1. The van der Waals surface area contributed by atoms with Crippen LogP contribution in [0, 0.1) is 0 Å². The summed E-state index contributed by atoms with van der Waals surface area (Å²) in [5, 5.41) is 7.12. The molecule has 1 aliphatic heterocycles. The van der Waals surface area contributed by atoms with E-state index in [2.05, 4.69) is 17.1 Å². The lowest BCUT2D eigenvalue weighted by Crippen LogP contribution is -2.45. The number of aromatic nitrogens is 3. The number of aromatic amines is 1. The summed E-state index contributed by atoms with van der Waals surface area (Å²) in [6, 6.07) is 7.43. The van der Waals surface area contributed by atoms with Crippen LogP contribution in [0.2, 0.25) is 5.02 Å². The van der Waals surface area contributed by atoms with Crippen molar-refractivity contribution in [3.05, 3.63) is 50.1 Å². The number of benzene rings is 1. The predicted molar refractivity (Wildman–Crippen MR) is 115 cm³/mol. The Labute approximate surface area is 175 Å². The average molecular weight is 421 g/mol. The van der Waals surface area contributed by atoms with Crippen LogP contribution in [-0.2, 0) is 6.54 Å². The maximum absolute atomic E-state index is 12.8. The third-order valence-corrected chi connectivity index (χ3v) is 5.61. The van der Waals surface area contributed by atoms with E-state index >= 15 is 0 Å². The molecule has 0 unspecified atom stereocenters. The van der Waals surface area contributed by atoms with Crippen LogP contribution in [0.1, 0.15) is 51.9 Å². The summed E-state index contributed by atoms with van der Waals surface area (Å²) in [6.45, 7) is 3.87. The number of hydrogen-bond acceptors (Lipinski definition) is 5. The van der Waals surface area contributed by atoms with Gasteiger partial charge in [-0.3, -0.25) is 9.36 Å². The van der Waals surface area contributed by atoms with Crippen molar-refractivity contribution in [1.82, 2.24) is 14.8 Å². The van der Waals surface area contributed by atoms with Gasteiger partial charge in [0.15, 0.2) is 0 Å². The SMILES string of the molecule is CCCCCCCn1c(=O)[nH]nc(N2CCC(Oc3ccccc3Cl)CC2)c1=O. The monoisotopic (exact) mass is 420 g/mol. The summed E-state index contributed by atoms with van der Waals surface area (Å²) in [7, 11) is 0. The van der Waals surface area contributed by atoms with Crippen molar-refractivity contribution in [3.8, 4) is 5.75 Å². The first-order chi connectivity index (χ1) is 14.1. The Balaban J connectivity index is 1.60. The lowest BCUT2D eigenvalue weighted by molar-refractivity contribution is 0.170. The maximum Gasteiger partial charge on any atom is 0.344 e. The van der Waals surface area contributed by atoms with E-state index in [9.17, 15) is 9.59 Å². The molecule has 0 amide bonds. The molecule has 1 saturated heterocycles. The zero-order valence-electron chi connectivity index (χ0n) is 16.9. The van der Waals surface area contributed by atoms with Gasteiger partial charge in [-0.25, -0.2) is 9.89 Å². The van der Waals surface area contributed by atoms with Gasteiger partial charge in [-0.1, -0.05) is 56.3 Å². The molecular formula is C21H29ClN4O3. The second kappa shape index (κ2) is 10.5. The van der Waals surface area contributed by atoms with Gasteiger partial charge in [-0.15, -0.1) is 5.10 Å². The molecule has 2 aromatic rings. The minimum absolute atomic E-state index is 0.0368. The van der Waals surface area contributed by atoms with Crippen LogP contribution in [-0.4, -0.2) is 34.0 Å². The lowest BCUT2D eigenvalue weighted by atomic mass is 10.1. The number of para-hydroxylation sites is 1. The van der Waals surface area contributed by atoms with Crippen LogP contribution in [0.4, 0.5) is 5.82 Å². The Morgan fingerprint density at radius 1 is 1.14 bits per heavy atom. The Morgan fingerprint density at radius 2 is 1.86 bits per heavy atom. The van der Waals surface area contributed by atoms with Crippen molar-refractivity contribution in [2.45, 2.75) is 64.5 Å². The highest BCUT2D eigenvalue weighted by molar-refractivity contribution is 6.32. The molecule has 7 nitrogen and oxygen atoms in total. The van der Waals surface area contributed by atoms with E-state index in [1.54, 1.807) is 6.07 Å². The first kappa shape index (κ1) is 21.4. The second-order valence-electron chi connectivity index (χ2n) is 7.46. The normalized spacial score (nSPS) is 14.9. The summed E-state index contributed by atoms with van der Waals surface area (Å²) < 4.78 is 7.29. The van der Waals surface area contributed by atoms with E-state index in [0.29, 0.717) is 36.2 Å². The summed E-state index contributed by atoms with van der Waals surface area (Å²) in [5.41, 5.74) is -0.749. The number of rotatable bonds is 9. The van der Waals surface area contributed by atoms with E-state index in [1.807, 2.05) is 23.1 Å². The van der Waals surface area contributed by atoms with E-state index in [0.717, 1.165) is 38.5 Å². The van der Waals surface area contributed by atoms with Gasteiger partial charge in [0.1, 0.15) is 11.9 Å². The van der Waals surface area contributed by atoms with Crippen molar-refractivity contribution in [2.24, 2.45) is 0 Å². The van der Waals surface area contributed by atoms with E-state index in [-0.39, 0.29) is 11.7 Å². The van der Waals surface area contributed by atoms with Gasteiger partial charge in [0.05, 0.1) is 5.02 Å². The highest BCUT2D eigenvalue weighted by Crippen LogP contribution is 2.27. The summed E-state index contributed by atoms with van der Waals surface area (Å²) in [5.74, 6) is 0.995. The topological polar surface area (TPSA) is 80.2 Å². The molecule has 1 fully saturated rings. The summed E-state index contributed by atoms with van der Waals surface area (Å²) >= 11 is 6.17. The molecule has 2 heterocycles. The van der Waals surface area contributed by atoms with Crippen molar-refractivity contribution in [3.63, 3.8) is 0 Å². The molecule has 158 valence electrons. The highest BCUT2D eigenvalue weighted by Gasteiger charge is 2.24. The van der Waals surface area contributed by atoms with Crippen molar-refractivity contribution in [2.75, 3.05) is 18.0 Å². The van der Waals surface area contributed by atoms with Gasteiger partial charge in [0.25, 0.3) is 5.56 Å². The van der Waals surface area contributed by atoms with Gasteiger partial charge in [0, 0.05) is 32.5 Å².